The van der Waals surface area contributed by atoms with Crippen LogP contribution in [0, 0.1) is 5.82 Å². The van der Waals surface area contributed by atoms with Gasteiger partial charge in [-0.15, -0.1) is 0 Å². The molecule has 142 valence electrons. The molecule has 0 aromatic carbocycles. The van der Waals surface area contributed by atoms with Crippen LogP contribution in [0.3, 0.4) is 0 Å². The van der Waals surface area contributed by atoms with Crippen LogP contribution in [0.5, 0.6) is 0 Å². The summed E-state index contributed by atoms with van der Waals surface area (Å²) < 4.78 is 15.9. The third-order valence-corrected chi connectivity index (χ3v) is 5.15. The number of aromatic nitrogens is 5. The number of carbonyl (C=O) groups is 1. The van der Waals surface area contributed by atoms with Crippen LogP contribution in [-0.2, 0) is 4.79 Å². The Balaban J connectivity index is 1.45. The van der Waals surface area contributed by atoms with Gasteiger partial charge in [0.05, 0.1) is 0 Å². The van der Waals surface area contributed by atoms with Gasteiger partial charge in [0.1, 0.15) is 5.65 Å². The number of anilines is 1. The van der Waals surface area contributed by atoms with Crippen molar-refractivity contribution in [3.63, 3.8) is 0 Å². The molecule has 5 heterocycles. The summed E-state index contributed by atoms with van der Waals surface area (Å²) in [4.78, 5) is 29.4. The van der Waals surface area contributed by atoms with E-state index in [4.69, 9.17) is 0 Å². The maximum atomic E-state index is 14.3. The highest BCUT2D eigenvalue weighted by atomic mass is 19.1. The number of fused-ring (bicyclic) bond motifs is 2. The number of hydrogen-bond acceptors (Lipinski definition) is 5. The third kappa shape index (κ3) is 2.75. The Morgan fingerprint density at radius 1 is 1.36 bits per heavy atom. The van der Waals surface area contributed by atoms with Gasteiger partial charge < -0.3 is 19.6 Å². The lowest BCUT2D eigenvalue weighted by Crippen LogP contribution is -2.43. The van der Waals surface area contributed by atoms with Gasteiger partial charge in [-0.25, -0.2) is 14.4 Å². The van der Waals surface area contributed by atoms with Crippen LogP contribution >= 0.6 is 0 Å². The standard InChI is InChI=1S/C19H18FN7O/c1-26-10-12(2-3-16(26)28)24-19-23-8-14-13(7-22-17(14)25-19)11-6-15(20)18-21-4-5-27(18)9-11/h4-9,12H,2-3,10H2,1H3,(H2,22,23,24,25). The van der Waals surface area contributed by atoms with Gasteiger partial charge in [0.25, 0.3) is 0 Å². The molecule has 1 unspecified atom stereocenters. The Morgan fingerprint density at radius 3 is 3.11 bits per heavy atom. The van der Waals surface area contributed by atoms with E-state index in [-0.39, 0.29) is 17.8 Å². The van der Waals surface area contributed by atoms with E-state index in [1.807, 2.05) is 6.20 Å². The summed E-state index contributed by atoms with van der Waals surface area (Å²) in [5.41, 5.74) is 2.49. The highest BCUT2D eigenvalue weighted by Gasteiger charge is 2.23. The van der Waals surface area contributed by atoms with Crippen molar-refractivity contribution in [1.29, 1.82) is 0 Å². The highest BCUT2D eigenvalue weighted by Crippen LogP contribution is 2.29. The van der Waals surface area contributed by atoms with Crippen molar-refractivity contribution >= 4 is 28.5 Å². The van der Waals surface area contributed by atoms with Gasteiger partial charge in [-0.1, -0.05) is 0 Å². The Morgan fingerprint density at radius 2 is 2.25 bits per heavy atom. The molecule has 8 nitrogen and oxygen atoms in total. The maximum Gasteiger partial charge on any atom is 0.224 e. The quantitative estimate of drug-likeness (QED) is 0.571. The molecule has 9 heteroatoms. The fourth-order valence-corrected chi connectivity index (χ4v) is 3.67. The largest absolute Gasteiger partial charge is 0.350 e. The first-order valence-electron chi connectivity index (χ1n) is 9.06. The molecule has 1 saturated heterocycles. The van der Waals surface area contributed by atoms with Gasteiger partial charge in [0.2, 0.25) is 11.9 Å². The summed E-state index contributed by atoms with van der Waals surface area (Å²) in [7, 11) is 1.80. The number of amides is 1. The molecule has 1 aliphatic heterocycles. The number of carbonyl (C=O) groups excluding carboxylic acids is 1. The number of halogens is 1. The molecule has 0 spiro atoms. The zero-order valence-corrected chi connectivity index (χ0v) is 15.2. The van der Waals surface area contributed by atoms with Crippen LogP contribution in [0.1, 0.15) is 12.8 Å². The number of hydrogen-bond donors (Lipinski definition) is 2. The van der Waals surface area contributed by atoms with E-state index in [0.717, 1.165) is 17.4 Å². The Bertz CT molecular complexity index is 1200. The van der Waals surface area contributed by atoms with Crippen molar-refractivity contribution in [2.45, 2.75) is 18.9 Å². The van der Waals surface area contributed by atoms with Crippen LogP contribution in [0.2, 0.25) is 0 Å². The molecule has 1 atom stereocenters. The number of nitrogens with zero attached hydrogens (tertiary/aromatic N) is 5. The van der Waals surface area contributed by atoms with Crippen molar-refractivity contribution in [3.8, 4) is 11.1 Å². The minimum Gasteiger partial charge on any atom is -0.350 e. The van der Waals surface area contributed by atoms with Crippen molar-refractivity contribution in [2.75, 3.05) is 18.9 Å². The molecular formula is C19H18FN7O. The van der Waals surface area contributed by atoms with E-state index >= 15 is 0 Å². The average Bonchev–Trinajstić information content (AvgIpc) is 3.31. The summed E-state index contributed by atoms with van der Waals surface area (Å²) in [6, 6.07) is 1.58. The smallest absolute Gasteiger partial charge is 0.224 e. The Hall–Kier alpha value is -3.49. The number of aromatic amines is 1. The van der Waals surface area contributed by atoms with Crippen LogP contribution in [-0.4, -0.2) is 54.8 Å². The lowest BCUT2D eigenvalue weighted by atomic mass is 10.1. The fourth-order valence-electron chi connectivity index (χ4n) is 3.67. The molecule has 0 saturated carbocycles. The molecule has 0 aliphatic carbocycles. The number of likely N-dealkylation sites (tertiary alicyclic amines) is 1. The zero-order chi connectivity index (χ0) is 19.3. The van der Waals surface area contributed by atoms with Gasteiger partial charge in [-0.2, -0.15) is 4.98 Å². The molecule has 1 amide bonds. The number of pyridine rings is 1. The van der Waals surface area contributed by atoms with Crippen molar-refractivity contribution in [2.24, 2.45) is 0 Å². The Kier molecular flexibility index (Phi) is 3.75. The number of piperidine rings is 1. The predicted octanol–water partition coefficient (Wildman–Crippen LogP) is 2.44. The number of likely N-dealkylation sites (N-methyl/N-ethyl adjacent to an activating group) is 1. The second-order valence-corrected chi connectivity index (χ2v) is 7.05. The van der Waals surface area contributed by atoms with Gasteiger partial charge in [0, 0.05) is 73.6 Å². The molecule has 4 aromatic heterocycles. The molecule has 5 rings (SSSR count). The van der Waals surface area contributed by atoms with Gasteiger partial charge in [-0.3, -0.25) is 4.79 Å². The van der Waals surface area contributed by atoms with Gasteiger partial charge in [0.15, 0.2) is 11.5 Å². The maximum absolute atomic E-state index is 14.3. The fraction of sp³-hybridized carbons (Fsp3) is 0.263. The second-order valence-electron chi connectivity index (χ2n) is 7.05. The SMILES string of the molecule is CN1CC(Nc2ncc3c(-c4cc(F)c5nccn5c4)c[nH]c3n2)CCC1=O. The van der Waals surface area contributed by atoms with Crippen LogP contribution in [0.4, 0.5) is 10.3 Å². The van der Waals surface area contributed by atoms with Crippen LogP contribution < -0.4 is 5.32 Å². The molecular weight excluding hydrogens is 361 g/mol. The zero-order valence-electron chi connectivity index (χ0n) is 15.2. The first-order valence-corrected chi connectivity index (χ1v) is 9.06. The summed E-state index contributed by atoms with van der Waals surface area (Å²) in [5, 5.41) is 4.10. The number of imidazole rings is 1. The van der Waals surface area contributed by atoms with E-state index in [1.54, 1.807) is 41.1 Å². The molecule has 0 bridgehead atoms. The summed E-state index contributed by atoms with van der Waals surface area (Å²) in [6.07, 6.45) is 9.90. The Labute approximate surface area is 159 Å². The second kappa shape index (κ2) is 6.29. The molecule has 4 aromatic rings. The molecule has 1 fully saturated rings. The average molecular weight is 379 g/mol. The van der Waals surface area contributed by atoms with Crippen molar-refractivity contribution < 1.29 is 9.18 Å². The summed E-state index contributed by atoms with van der Waals surface area (Å²) in [6.45, 7) is 0.625. The van der Waals surface area contributed by atoms with Crippen LogP contribution in [0.25, 0.3) is 27.8 Å². The van der Waals surface area contributed by atoms with E-state index in [1.165, 1.54) is 6.07 Å². The summed E-state index contributed by atoms with van der Waals surface area (Å²) >= 11 is 0. The van der Waals surface area contributed by atoms with E-state index < -0.39 is 0 Å². The molecule has 28 heavy (non-hydrogen) atoms. The van der Waals surface area contributed by atoms with E-state index in [0.29, 0.717) is 35.8 Å². The number of nitrogens with one attached hydrogen (secondary N) is 2. The van der Waals surface area contributed by atoms with Crippen molar-refractivity contribution in [1.82, 2.24) is 29.2 Å². The summed E-state index contributed by atoms with van der Waals surface area (Å²) in [5.74, 6) is 0.280. The van der Waals surface area contributed by atoms with Crippen molar-refractivity contribution in [3.05, 3.63) is 42.9 Å². The minimum atomic E-state index is -0.382. The number of H-pyrrole nitrogens is 1. The first kappa shape index (κ1) is 16.7. The monoisotopic (exact) mass is 379 g/mol. The third-order valence-electron chi connectivity index (χ3n) is 5.15. The van der Waals surface area contributed by atoms with Gasteiger partial charge >= 0.3 is 0 Å². The minimum absolute atomic E-state index is 0.118. The van der Waals surface area contributed by atoms with Gasteiger partial charge in [-0.05, 0) is 12.5 Å². The van der Waals surface area contributed by atoms with E-state index in [2.05, 4.69) is 25.3 Å². The molecule has 1 aliphatic rings. The van der Waals surface area contributed by atoms with E-state index in [9.17, 15) is 9.18 Å². The molecule has 2 N–H and O–H groups in total. The topological polar surface area (TPSA) is 91.2 Å². The molecule has 0 radical (unpaired) electrons. The lowest BCUT2D eigenvalue weighted by Gasteiger charge is -2.30. The highest BCUT2D eigenvalue weighted by molar-refractivity contribution is 5.93. The lowest BCUT2D eigenvalue weighted by molar-refractivity contribution is -0.132. The van der Waals surface area contributed by atoms with Crippen LogP contribution in [0.15, 0.2) is 37.1 Å². The normalized spacial score (nSPS) is 17.6. The predicted molar refractivity (Wildman–Crippen MR) is 102 cm³/mol. The first-order chi connectivity index (χ1) is 13.6. The number of rotatable bonds is 3.